The van der Waals surface area contributed by atoms with Crippen molar-refractivity contribution in [3.63, 3.8) is 0 Å². The highest BCUT2D eigenvalue weighted by molar-refractivity contribution is 4.77. The normalized spacial score (nSPS) is 13.1. The Hall–Kier alpha value is -0.340. The first-order valence-electron chi connectivity index (χ1n) is 3.19. The van der Waals surface area contributed by atoms with Gasteiger partial charge >= 0.3 is 0 Å². The summed E-state index contributed by atoms with van der Waals surface area (Å²) >= 11 is 0. The molecule has 2 N–H and O–H groups in total. The molecule has 0 rings (SSSR count). The van der Waals surface area contributed by atoms with Gasteiger partial charge in [-0.05, 0) is 18.8 Å². The third kappa shape index (κ3) is 4.18. The van der Waals surface area contributed by atoms with E-state index in [1.807, 2.05) is 0 Å². The highest BCUT2D eigenvalue weighted by Gasteiger charge is 1.99. The molecule has 0 aliphatic heterocycles. The standard InChI is InChI=1S/C7H14O2/c1-2-7(6-9)4-3-5-8/h2,7-9H,1,3-6H2. The molecule has 0 saturated heterocycles. The van der Waals surface area contributed by atoms with E-state index in [1.165, 1.54) is 0 Å². The number of aliphatic hydroxyl groups excluding tert-OH is 2. The first-order valence-corrected chi connectivity index (χ1v) is 3.19. The second-order valence-corrected chi connectivity index (χ2v) is 2.04. The molecule has 0 aliphatic carbocycles. The van der Waals surface area contributed by atoms with Crippen molar-refractivity contribution in [2.75, 3.05) is 13.2 Å². The van der Waals surface area contributed by atoms with Crippen molar-refractivity contribution in [3.8, 4) is 0 Å². The zero-order chi connectivity index (χ0) is 7.11. The number of rotatable bonds is 5. The van der Waals surface area contributed by atoms with E-state index in [1.54, 1.807) is 6.08 Å². The van der Waals surface area contributed by atoms with Crippen LogP contribution >= 0.6 is 0 Å². The highest BCUT2D eigenvalue weighted by Crippen LogP contribution is 2.04. The molecule has 0 aromatic carbocycles. The maximum atomic E-state index is 8.60. The maximum absolute atomic E-state index is 8.60. The fourth-order valence-corrected chi connectivity index (χ4v) is 0.637. The van der Waals surface area contributed by atoms with Gasteiger partial charge in [-0.1, -0.05) is 6.08 Å². The Labute approximate surface area is 55.8 Å². The van der Waals surface area contributed by atoms with Crippen LogP contribution in [0.2, 0.25) is 0 Å². The van der Waals surface area contributed by atoms with E-state index >= 15 is 0 Å². The van der Waals surface area contributed by atoms with E-state index in [0.717, 1.165) is 12.8 Å². The van der Waals surface area contributed by atoms with Crippen molar-refractivity contribution in [1.29, 1.82) is 0 Å². The van der Waals surface area contributed by atoms with Crippen molar-refractivity contribution < 1.29 is 10.2 Å². The first kappa shape index (κ1) is 8.66. The van der Waals surface area contributed by atoms with Crippen LogP contribution in [-0.4, -0.2) is 23.4 Å². The summed E-state index contributed by atoms with van der Waals surface area (Å²) in [4.78, 5) is 0. The summed E-state index contributed by atoms with van der Waals surface area (Å²) in [5.41, 5.74) is 0. The molecule has 1 unspecified atom stereocenters. The summed E-state index contributed by atoms with van der Waals surface area (Å²) in [5.74, 6) is 0.164. The summed E-state index contributed by atoms with van der Waals surface area (Å²) in [6.45, 7) is 3.88. The van der Waals surface area contributed by atoms with E-state index in [-0.39, 0.29) is 19.1 Å². The minimum atomic E-state index is 0.142. The van der Waals surface area contributed by atoms with E-state index in [2.05, 4.69) is 6.58 Å². The van der Waals surface area contributed by atoms with E-state index in [4.69, 9.17) is 10.2 Å². The summed E-state index contributed by atoms with van der Waals surface area (Å²) in [5, 5.41) is 17.0. The Kier molecular flexibility index (Phi) is 5.57. The molecule has 0 radical (unpaired) electrons. The van der Waals surface area contributed by atoms with Crippen LogP contribution in [0, 0.1) is 5.92 Å². The van der Waals surface area contributed by atoms with Gasteiger partial charge in [0.05, 0.1) is 0 Å². The summed E-state index contributed by atoms with van der Waals surface area (Å²) in [6.07, 6.45) is 3.30. The Morgan fingerprint density at radius 1 is 1.44 bits per heavy atom. The number of hydrogen-bond acceptors (Lipinski definition) is 2. The van der Waals surface area contributed by atoms with Gasteiger partial charge < -0.3 is 10.2 Å². The zero-order valence-electron chi connectivity index (χ0n) is 5.58. The second kappa shape index (κ2) is 5.79. The van der Waals surface area contributed by atoms with Crippen LogP contribution in [0.3, 0.4) is 0 Å². The van der Waals surface area contributed by atoms with E-state index in [9.17, 15) is 0 Å². The molecule has 0 saturated carbocycles. The number of aliphatic hydroxyl groups is 2. The average molecular weight is 130 g/mol. The summed E-state index contributed by atoms with van der Waals surface area (Å²) < 4.78 is 0. The molecular formula is C7H14O2. The van der Waals surface area contributed by atoms with Crippen LogP contribution in [-0.2, 0) is 0 Å². The van der Waals surface area contributed by atoms with Crippen molar-refractivity contribution in [1.82, 2.24) is 0 Å². The smallest absolute Gasteiger partial charge is 0.0493 e. The summed E-state index contributed by atoms with van der Waals surface area (Å²) in [6, 6.07) is 0. The molecule has 9 heavy (non-hydrogen) atoms. The largest absolute Gasteiger partial charge is 0.396 e. The average Bonchev–Trinajstić information content (AvgIpc) is 1.91. The van der Waals surface area contributed by atoms with Crippen molar-refractivity contribution in [2.24, 2.45) is 5.92 Å². The fourth-order valence-electron chi connectivity index (χ4n) is 0.637. The highest BCUT2D eigenvalue weighted by atomic mass is 16.3. The fraction of sp³-hybridized carbons (Fsp3) is 0.714. The Balaban J connectivity index is 3.20. The zero-order valence-corrected chi connectivity index (χ0v) is 5.58. The van der Waals surface area contributed by atoms with Gasteiger partial charge in [0.15, 0.2) is 0 Å². The monoisotopic (exact) mass is 130 g/mol. The Morgan fingerprint density at radius 2 is 2.11 bits per heavy atom. The van der Waals surface area contributed by atoms with Crippen LogP contribution in [0.4, 0.5) is 0 Å². The van der Waals surface area contributed by atoms with Crippen LogP contribution in [0.5, 0.6) is 0 Å². The van der Waals surface area contributed by atoms with Crippen molar-refractivity contribution in [2.45, 2.75) is 12.8 Å². The molecule has 0 heterocycles. The quantitative estimate of drug-likeness (QED) is 0.534. The van der Waals surface area contributed by atoms with Crippen molar-refractivity contribution >= 4 is 0 Å². The maximum Gasteiger partial charge on any atom is 0.0493 e. The van der Waals surface area contributed by atoms with Gasteiger partial charge in [0, 0.05) is 13.2 Å². The van der Waals surface area contributed by atoms with Crippen LogP contribution in [0.25, 0.3) is 0 Å². The Morgan fingerprint density at radius 3 is 2.44 bits per heavy atom. The summed E-state index contributed by atoms with van der Waals surface area (Å²) in [7, 11) is 0. The van der Waals surface area contributed by atoms with Crippen LogP contribution < -0.4 is 0 Å². The topological polar surface area (TPSA) is 40.5 Å². The van der Waals surface area contributed by atoms with Crippen molar-refractivity contribution in [3.05, 3.63) is 12.7 Å². The lowest BCUT2D eigenvalue weighted by Crippen LogP contribution is -2.02. The predicted octanol–water partition coefficient (Wildman–Crippen LogP) is 0.553. The molecule has 0 amide bonds. The molecule has 0 spiro atoms. The van der Waals surface area contributed by atoms with Gasteiger partial charge in [0.1, 0.15) is 0 Å². The van der Waals surface area contributed by atoms with E-state index < -0.39 is 0 Å². The lowest BCUT2D eigenvalue weighted by atomic mass is 10.1. The lowest BCUT2D eigenvalue weighted by molar-refractivity contribution is 0.226. The van der Waals surface area contributed by atoms with Crippen LogP contribution in [0.1, 0.15) is 12.8 Å². The molecule has 0 aliphatic rings. The minimum absolute atomic E-state index is 0.142. The number of hydrogen-bond donors (Lipinski definition) is 2. The first-order chi connectivity index (χ1) is 4.35. The molecule has 1 atom stereocenters. The van der Waals surface area contributed by atoms with Gasteiger partial charge in [-0.15, -0.1) is 6.58 Å². The molecule has 2 nitrogen and oxygen atoms in total. The molecule has 2 heteroatoms. The molecule has 0 bridgehead atoms. The predicted molar refractivity (Wildman–Crippen MR) is 37.1 cm³/mol. The minimum Gasteiger partial charge on any atom is -0.396 e. The van der Waals surface area contributed by atoms with Crippen LogP contribution in [0.15, 0.2) is 12.7 Å². The SMILES string of the molecule is C=CC(CO)CCCO. The van der Waals surface area contributed by atoms with Gasteiger partial charge in [-0.25, -0.2) is 0 Å². The molecule has 0 fully saturated rings. The molecule has 0 aromatic rings. The molecular weight excluding hydrogens is 116 g/mol. The van der Waals surface area contributed by atoms with Gasteiger partial charge in [-0.2, -0.15) is 0 Å². The molecule has 54 valence electrons. The van der Waals surface area contributed by atoms with Gasteiger partial charge in [0.2, 0.25) is 0 Å². The lowest BCUT2D eigenvalue weighted by Gasteiger charge is -2.05. The van der Waals surface area contributed by atoms with Gasteiger partial charge in [0.25, 0.3) is 0 Å². The molecule has 0 aromatic heterocycles. The second-order valence-electron chi connectivity index (χ2n) is 2.04. The van der Waals surface area contributed by atoms with E-state index in [0.29, 0.717) is 0 Å². The third-order valence-corrected chi connectivity index (χ3v) is 1.30. The third-order valence-electron chi connectivity index (χ3n) is 1.30. The Bertz CT molecular complexity index is 71.3. The van der Waals surface area contributed by atoms with Gasteiger partial charge in [-0.3, -0.25) is 0 Å².